The number of rotatable bonds is 4. The van der Waals surface area contributed by atoms with Crippen LogP contribution in [0, 0.1) is 0 Å². The summed E-state index contributed by atoms with van der Waals surface area (Å²) in [5.41, 5.74) is 1.74. The zero-order valence-corrected chi connectivity index (χ0v) is 16.9. The van der Waals surface area contributed by atoms with Crippen LogP contribution in [0.1, 0.15) is 16.1 Å². The first-order chi connectivity index (χ1) is 15.2. The lowest BCUT2D eigenvalue weighted by molar-refractivity contribution is -0.115. The van der Waals surface area contributed by atoms with Crippen molar-refractivity contribution in [2.24, 2.45) is 0 Å². The average Bonchev–Trinajstić information content (AvgIpc) is 3.17. The van der Waals surface area contributed by atoms with Gasteiger partial charge in [-0.2, -0.15) is 0 Å². The van der Waals surface area contributed by atoms with Crippen LogP contribution in [0.5, 0.6) is 11.5 Å². The van der Waals surface area contributed by atoms with Crippen molar-refractivity contribution in [1.82, 2.24) is 4.90 Å². The first-order valence-electron chi connectivity index (χ1n) is 10.3. The number of hydrogen-bond donors (Lipinski definition) is 1. The minimum Gasteiger partial charge on any atom is -0.486 e. The fourth-order valence-electron chi connectivity index (χ4n) is 3.80. The van der Waals surface area contributed by atoms with Gasteiger partial charge in [0, 0.05) is 18.5 Å². The van der Waals surface area contributed by atoms with Crippen LogP contribution in [0.4, 0.5) is 5.69 Å². The van der Waals surface area contributed by atoms with Crippen LogP contribution >= 0.6 is 0 Å². The highest BCUT2D eigenvalue weighted by Gasteiger charge is 2.27. The quantitative estimate of drug-likeness (QED) is 0.695. The fraction of sp³-hybridized carbons (Fsp3) is 0.304. The molecule has 3 aromatic rings. The number of para-hydroxylation sites is 1. The molecular formula is C23H22N2O6. The van der Waals surface area contributed by atoms with Crippen molar-refractivity contribution >= 4 is 28.5 Å². The molecule has 0 bridgehead atoms. The third-order valence-electron chi connectivity index (χ3n) is 5.32. The number of hydrogen-bond acceptors (Lipinski definition) is 6. The van der Waals surface area contributed by atoms with E-state index in [4.69, 9.17) is 18.6 Å². The number of benzene rings is 2. The number of nitrogens with zero attached hydrogens (tertiary/aromatic N) is 1. The highest BCUT2D eigenvalue weighted by molar-refractivity contribution is 6.11. The fourth-order valence-corrected chi connectivity index (χ4v) is 3.80. The van der Waals surface area contributed by atoms with Crippen LogP contribution < -0.4 is 14.8 Å². The monoisotopic (exact) mass is 422 g/mol. The molecule has 2 amide bonds. The topological polar surface area (TPSA) is 90.2 Å². The predicted molar refractivity (Wildman–Crippen MR) is 113 cm³/mol. The molecule has 1 N–H and O–H groups in total. The van der Waals surface area contributed by atoms with E-state index < -0.39 is 0 Å². The molecule has 31 heavy (non-hydrogen) atoms. The third-order valence-corrected chi connectivity index (χ3v) is 5.32. The summed E-state index contributed by atoms with van der Waals surface area (Å²) in [5.74, 6) is 0.940. The Morgan fingerprint density at radius 3 is 2.55 bits per heavy atom. The number of carbonyl (C=O) groups is 2. The van der Waals surface area contributed by atoms with E-state index in [1.54, 1.807) is 23.1 Å². The van der Waals surface area contributed by atoms with Gasteiger partial charge < -0.3 is 28.8 Å². The molecular weight excluding hydrogens is 400 g/mol. The number of nitrogens with one attached hydrogen (secondary N) is 1. The van der Waals surface area contributed by atoms with Gasteiger partial charge in [0.1, 0.15) is 24.5 Å². The van der Waals surface area contributed by atoms with E-state index in [1.165, 1.54) is 0 Å². The summed E-state index contributed by atoms with van der Waals surface area (Å²) >= 11 is 0. The Bertz CT molecular complexity index is 1130. The first-order valence-corrected chi connectivity index (χ1v) is 10.3. The Morgan fingerprint density at radius 2 is 1.71 bits per heavy atom. The van der Waals surface area contributed by atoms with Gasteiger partial charge in [0.15, 0.2) is 11.5 Å². The number of carbonyl (C=O) groups excluding carboxylic acids is 2. The molecule has 160 valence electrons. The zero-order valence-electron chi connectivity index (χ0n) is 16.9. The van der Waals surface area contributed by atoms with Crippen molar-refractivity contribution in [3.63, 3.8) is 0 Å². The Kier molecular flexibility index (Phi) is 5.21. The molecule has 0 aliphatic carbocycles. The van der Waals surface area contributed by atoms with Crippen molar-refractivity contribution in [2.45, 2.75) is 6.42 Å². The van der Waals surface area contributed by atoms with Gasteiger partial charge in [0.25, 0.3) is 5.91 Å². The van der Waals surface area contributed by atoms with Crippen molar-refractivity contribution < 1.29 is 28.2 Å². The Labute approximate surface area is 178 Å². The molecule has 2 aliphatic rings. The maximum atomic E-state index is 13.1. The lowest BCUT2D eigenvalue weighted by atomic mass is 10.1. The number of amides is 2. The number of morpholine rings is 1. The van der Waals surface area contributed by atoms with E-state index in [9.17, 15) is 9.59 Å². The van der Waals surface area contributed by atoms with Crippen molar-refractivity contribution in [1.29, 1.82) is 0 Å². The highest BCUT2D eigenvalue weighted by Crippen LogP contribution is 2.33. The standard InChI is InChI=1S/C23H22N2O6/c26-20(14-15-5-6-18-19(13-15)30-12-11-29-18)24-21-16-3-1-2-4-17(16)31-22(21)23(27)25-7-9-28-10-8-25/h1-6,13H,7-12,14H2,(H,24,26). The lowest BCUT2D eigenvalue weighted by Gasteiger charge is -2.26. The molecule has 0 unspecified atom stereocenters. The van der Waals surface area contributed by atoms with Crippen LogP contribution in [0.15, 0.2) is 46.9 Å². The molecule has 2 aromatic carbocycles. The molecule has 3 heterocycles. The van der Waals surface area contributed by atoms with Gasteiger partial charge >= 0.3 is 0 Å². The molecule has 1 aromatic heterocycles. The van der Waals surface area contributed by atoms with Crippen LogP contribution in [-0.4, -0.2) is 56.2 Å². The minimum absolute atomic E-state index is 0.126. The van der Waals surface area contributed by atoms with E-state index >= 15 is 0 Å². The molecule has 0 atom stereocenters. The molecule has 5 rings (SSSR count). The van der Waals surface area contributed by atoms with E-state index in [2.05, 4.69) is 5.32 Å². The van der Waals surface area contributed by atoms with Gasteiger partial charge in [-0.05, 0) is 29.8 Å². The molecule has 0 radical (unpaired) electrons. The Hall–Kier alpha value is -3.52. The molecule has 0 spiro atoms. The number of ether oxygens (including phenoxy) is 3. The van der Waals surface area contributed by atoms with Gasteiger partial charge in [0.2, 0.25) is 11.7 Å². The zero-order chi connectivity index (χ0) is 21.2. The van der Waals surface area contributed by atoms with E-state index in [1.807, 2.05) is 24.3 Å². The molecule has 1 fully saturated rings. The second kappa shape index (κ2) is 8.31. The van der Waals surface area contributed by atoms with Crippen LogP contribution in [0.2, 0.25) is 0 Å². The molecule has 2 aliphatic heterocycles. The number of anilines is 1. The smallest absolute Gasteiger partial charge is 0.291 e. The maximum absolute atomic E-state index is 13.1. The molecule has 8 heteroatoms. The van der Waals surface area contributed by atoms with Gasteiger partial charge in [-0.15, -0.1) is 0 Å². The predicted octanol–water partition coefficient (Wildman–Crippen LogP) is 2.86. The Balaban J connectivity index is 1.40. The molecule has 0 saturated carbocycles. The molecule has 1 saturated heterocycles. The van der Waals surface area contributed by atoms with Gasteiger partial charge in [-0.25, -0.2) is 0 Å². The van der Waals surface area contributed by atoms with Gasteiger partial charge in [-0.3, -0.25) is 9.59 Å². The summed E-state index contributed by atoms with van der Waals surface area (Å²) in [6.45, 7) is 2.94. The Morgan fingerprint density at radius 1 is 0.935 bits per heavy atom. The molecule has 8 nitrogen and oxygen atoms in total. The normalized spacial score (nSPS) is 15.7. The summed E-state index contributed by atoms with van der Waals surface area (Å²) in [5, 5.41) is 3.59. The summed E-state index contributed by atoms with van der Waals surface area (Å²) in [7, 11) is 0. The van der Waals surface area contributed by atoms with Gasteiger partial charge in [0.05, 0.1) is 19.6 Å². The van der Waals surface area contributed by atoms with Crippen molar-refractivity contribution in [3.8, 4) is 11.5 Å². The van der Waals surface area contributed by atoms with Crippen LogP contribution in [-0.2, 0) is 16.0 Å². The third kappa shape index (κ3) is 3.94. The lowest BCUT2D eigenvalue weighted by Crippen LogP contribution is -2.40. The van der Waals surface area contributed by atoms with Crippen LogP contribution in [0.25, 0.3) is 11.0 Å². The summed E-state index contributed by atoms with van der Waals surface area (Å²) in [6, 6.07) is 12.7. The summed E-state index contributed by atoms with van der Waals surface area (Å²) < 4.78 is 22.3. The van der Waals surface area contributed by atoms with Gasteiger partial charge in [-0.1, -0.05) is 18.2 Å². The number of fused-ring (bicyclic) bond motifs is 2. The maximum Gasteiger partial charge on any atom is 0.291 e. The largest absolute Gasteiger partial charge is 0.486 e. The van der Waals surface area contributed by atoms with E-state index in [0.29, 0.717) is 67.7 Å². The average molecular weight is 422 g/mol. The van der Waals surface area contributed by atoms with E-state index in [0.717, 1.165) is 5.56 Å². The highest BCUT2D eigenvalue weighted by atomic mass is 16.6. The SMILES string of the molecule is O=C(Cc1ccc2c(c1)OCCO2)Nc1c(C(=O)N2CCOCC2)oc2ccccc12. The summed E-state index contributed by atoms with van der Waals surface area (Å²) in [6.07, 6.45) is 0.126. The van der Waals surface area contributed by atoms with E-state index in [-0.39, 0.29) is 24.0 Å². The number of furan rings is 1. The second-order valence-electron chi connectivity index (χ2n) is 7.41. The second-order valence-corrected chi connectivity index (χ2v) is 7.41. The van der Waals surface area contributed by atoms with Crippen LogP contribution in [0.3, 0.4) is 0 Å². The minimum atomic E-state index is -0.255. The first kappa shape index (κ1) is 19.4. The van der Waals surface area contributed by atoms with Crippen molar-refractivity contribution in [3.05, 3.63) is 53.8 Å². The van der Waals surface area contributed by atoms with Crippen molar-refractivity contribution in [2.75, 3.05) is 44.8 Å². The summed E-state index contributed by atoms with van der Waals surface area (Å²) in [4.78, 5) is 27.6.